The lowest BCUT2D eigenvalue weighted by atomic mass is 9.79. The van der Waals surface area contributed by atoms with Gasteiger partial charge < -0.3 is 5.73 Å². The van der Waals surface area contributed by atoms with E-state index in [1.54, 1.807) is 11.3 Å². The first-order valence-corrected chi connectivity index (χ1v) is 7.19. The van der Waals surface area contributed by atoms with Gasteiger partial charge in [0.15, 0.2) is 0 Å². The Balaban J connectivity index is 1.85. The molecule has 2 nitrogen and oxygen atoms in total. The average molecular weight is 238 g/mol. The number of nitrogens with two attached hydrogens (primary N) is 1. The highest BCUT2D eigenvalue weighted by atomic mass is 32.1. The van der Waals surface area contributed by atoms with Crippen LogP contribution in [0.15, 0.2) is 5.38 Å². The minimum Gasteiger partial charge on any atom is -0.327 e. The van der Waals surface area contributed by atoms with Crippen LogP contribution in [0.5, 0.6) is 0 Å². The SMILES string of the molecule is Cc1csc(CC(N)C2CCC(C)CC2)n1. The Morgan fingerprint density at radius 3 is 2.69 bits per heavy atom. The van der Waals surface area contributed by atoms with Gasteiger partial charge in [-0.1, -0.05) is 19.8 Å². The predicted octanol–water partition coefficient (Wildman–Crippen LogP) is 3.15. The van der Waals surface area contributed by atoms with Crippen LogP contribution < -0.4 is 5.73 Å². The van der Waals surface area contributed by atoms with Gasteiger partial charge in [-0.05, 0) is 31.6 Å². The summed E-state index contributed by atoms with van der Waals surface area (Å²) in [5.74, 6) is 1.63. The Hall–Kier alpha value is -0.410. The molecular formula is C13H22N2S. The molecule has 90 valence electrons. The number of rotatable bonds is 3. The van der Waals surface area contributed by atoms with Crippen molar-refractivity contribution in [3.8, 4) is 0 Å². The Kier molecular flexibility index (Phi) is 3.98. The van der Waals surface area contributed by atoms with Crippen molar-refractivity contribution >= 4 is 11.3 Å². The molecule has 0 saturated heterocycles. The van der Waals surface area contributed by atoms with E-state index in [0.717, 1.165) is 24.0 Å². The van der Waals surface area contributed by atoms with Crippen LogP contribution in [0, 0.1) is 18.8 Å². The summed E-state index contributed by atoms with van der Waals surface area (Å²) in [5.41, 5.74) is 7.43. The minimum atomic E-state index is 0.318. The summed E-state index contributed by atoms with van der Waals surface area (Å²) in [6, 6.07) is 0.318. The number of aromatic nitrogens is 1. The van der Waals surface area contributed by atoms with E-state index in [-0.39, 0.29) is 0 Å². The van der Waals surface area contributed by atoms with Crippen molar-refractivity contribution < 1.29 is 0 Å². The third kappa shape index (κ3) is 3.05. The number of nitrogens with zero attached hydrogens (tertiary/aromatic N) is 1. The van der Waals surface area contributed by atoms with Crippen LogP contribution in [-0.4, -0.2) is 11.0 Å². The van der Waals surface area contributed by atoms with Crippen molar-refractivity contribution in [1.29, 1.82) is 0 Å². The summed E-state index contributed by atoms with van der Waals surface area (Å²) < 4.78 is 0. The van der Waals surface area contributed by atoms with E-state index in [2.05, 4.69) is 17.3 Å². The van der Waals surface area contributed by atoms with Crippen molar-refractivity contribution in [3.63, 3.8) is 0 Å². The van der Waals surface area contributed by atoms with Crippen LogP contribution in [0.4, 0.5) is 0 Å². The summed E-state index contributed by atoms with van der Waals surface area (Å²) in [7, 11) is 0. The lowest BCUT2D eigenvalue weighted by molar-refractivity contribution is 0.253. The number of hydrogen-bond donors (Lipinski definition) is 1. The second kappa shape index (κ2) is 5.28. The highest BCUT2D eigenvalue weighted by molar-refractivity contribution is 7.09. The summed E-state index contributed by atoms with van der Waals surface area (Å²) in [6.45, 7) is 4.40. The predicted molar refractivity (Wildman–Crippen MR) is 69.7 cm³/mol. The second-order valence-electron chi connectivity index (χ2n) is 5.27. The van der Waals surface area contributed by atoms with Gasteiger partial charge in [-0.15, -0.1) is 11.3 Å². The van der Waals surface area contributed by atoms with Gasteiger partial charge in [0.05, 0.1) is 5.01 Å². The summed E-state index contributed by atoms with van der Waals surface area (Å²) in [5, 5.41) is 3.33. The van der Waals surface area contributed by atoms with Gasteiger partial charge in [0.25, 0.3) is 0 Å². The molecule has 0 aromatic carbocycles. The van der Waals surface area contributed by atoms with Crippen molar-refractivity contribution in [3.05, 3.63) is 16.1 Å². The first kappa shape index (κ1) is 12.1. The Bertz CT molecular complexity index is 326. The van der Waals surface area contributed by atoms with E-state index in [1.165, 1.54) is 30.7 Å². The van der Waals surface area contributed by atoms with Gasteiger partial charge in [0.2, 0.25) is 0 Å². The van der Waals surface area contributed by atoms with Gasteiger partial charge in [-0.25, -0.2) is 4.98 Å². The van der Waals surface area contributed by atoms with Crippen LogP contribution in [0.3, 0.4) is 0 Å². The van der Waals surface area contributed by atoms with Gasteiger partial charge in [0.1, 0.15) is 0 Å². The van der Waals surface area contributed by atoms with Crippen LogP contribution in [0.25, 0.3) is 0 Å². The van der Waals surface area contributed by atoms with E-state index in [1.807, 2.05) is 6.92 Å². The average Bonchev–Trinajstić information content (AvgIpc) is 2.65. The molecule has 0 aliphatic heterocycles. The lowest BCUT2D eigenvalue weighted by Crippen LogP contribution is -2.34. The molecular weight excluding hydrogens is 216 g/mol. The smallest absolute Gasteiger partial charge is 0.0943 e. The normalized spacial score (nSPS) is 27.9. The second-order valence-corrected chi connectivity index (χ2v) is 6.21. The molecule has 2 N–H and O–H groups in total. The maximum absolute atomic E-state index is 6.30. The molecule has 1 aliphatic rings. The van der Waals surface area contributed by atoms with Crippen molar-refractivity contribution in [1.82, 2.24) is 4.98 Å². The monoisotopic (exact) mass is 238 g/mol. The molecule has 0 radical (unpaired) electrons. The molecule has 1 atom stereocenters. The number of hydrogen-bond acceptors (Lipinski definition) is 3. The third-order valence-corrected chi connectivity index (χ3v) is 4.73. The third-order valence-electron chi connectivity index (χ3n) is 3.74. The zero-order valence-electron chi connectivity index (χ0n) is 10.3. The summed E-state index contributed by atoms with van der Waals surface area (Å²) in [6.07, 6.45) is 6.31. The van der Waals surface area contributed by atoms with Crippen molar-refractivity contribution in [2.24, 2.45) is 17.6 Å². The molecule has 1 aromatic rings. The molecule has 1 saturated carbocycles. The van der Waals surface area contributed by atoms with E-state index < -0.39 is 0 Å². The topological polar surface area (TPSA) is 38.9 Å². The Morgan fingerprint density at radius 1 is 1.44 bits per heavy atom. The fraction of sp³-hybridized carbons (Fsp3) is 0.769. The molecule has 3 heteroatoms. The summed E-state index contributed by atoms with van der Waals surface area (Å²) >= 11 is 1.75. The van der Waals surface area contributed by atoms with Crippen LogP contribution in [0.1, 0.15) is 43.3 Å². The molecule has 1 aromatic heterocycles. The summed E-state index contributed by atoms with van der Waals surface area (Å²) in [4.78, 5) is 4.50. The molecule has 0 spiro atoms. The lowest BCUT2D eigenvalue weighted by Gasteiger charge is -2.30. The zero-order chi connectivity index (χ0) is 11.5. The molecule has 1 fully saturated rings. The minimum absolute atomic E-state index is 0.318. The van der Waals surface area contributed by atoms with E-state index in [9.17, 15) is 0 Å². The Morgan fingerprint density at radius 2 is 2.12 bits per heavy atom. The number of aryl methyl sites for hydroxylation is 1. The van der Waals surface area contributed by atoms with Crippen LogP contribution >= 0.6 is 11.3 Å². The van der Waals surface area contributed by atoms with Gasteiger partial charge in [-0.3, -0.25) is 0 Å². The standard InChI is InChI=1S/C13H22N2S/c1-9-3-5-11(6-4-9)12(14)7-13-15-10(2)8-16-13/h8-9,11-12H,3-7,14H2,1-2H3. The largest absolute Gasteiger partial charge is 0.327 e. The van der Waals surface area contributed by atoms with Crippen molar-refractivity contribution in [2.45, 2.75) is 52.0 Å². The van der Waals surface area contributed by atoms with Gasteiger partial charge in [0, 0.05) is 23.5 Å². The van der Waals surface area contributed by atoms with Crippen LogP contribution in [-0.2, 0) is 6.42 Å². The zero-order valence-corrected chi connectivity index (χ0v) is 11.1. The molecule has 1 heterocycles. The van der Waals surface area contributed by atoms with Gasteiger partial charge >= 0.3 is 0 Å². The maximum atomic E-state index is 6.30. The first-order chi connectivity index (χ1) is 7.65. The fourth-order valence-electron chi connectivity index (χ4n) is 2.58. The number of thiazole rings is 1. The highest BCUT2D eigenvalue weighted by Gasteiger charge is 2.24. The quantitative estimate of drug-likeness (QED) is 0.878. The van der Waals surface area contributed by atoms with E-state index >= 15 is 0 Å². The van der Waals surface area contributed by atoms with E-state index in [0.29, 0.717) is 6.04 Å². The van der Waals surface area contributed by atoms with Gasteiger partial charge in [-0.2, -0.15) is 0 Å². The fourth-order valence-corrected chi connectivity index (χ4v) is 3.42. The highest BCUT2D eigenvalue weighted by Crippen LogP contribution is 2.31. The van der Waals surface area contributed by atoms with E-state index in [4.69, 9.17) is 5.73 Å². The molecule has 0 amide bonds. The van der Waals surface area contributed by atoms with Crippen molar-refractivity contribution in [2.75, 3.05) is 0 Å². The maximum Gasteiger partial charge on any atom is 0.0943 e. The molecule has 1 aliphatic carbocycles. The molecule has 2 rings (SSSR count). The molecule has 0 bridgehead atoms. The Labute approximate surface area is 102 Å². The van der Waals surface area contributed by atoms with Crippen LogP contribution in [0.2, 0.25) is 0 Å². The molecule has 16 heavy (non-hydrogen) atoms. The molecule has 1 unspecified atom stereocenters. The first-order valence-electron chi connectivity index (χ1n) is 6.31.